The topological polar surface area (TPSA) is 71.3 Å². The molecule has 2 aromatic carbocycles. The van der Waals surface area contributed by atoms with E-state index >= 15 is 0 Å². The molecule has 0 bridgehead atoms. The van der Waals surface area contributed by atoms with Gasteiger partial charge in [0.1, 0.15) is 18.1 Å². The maximum Gasteiger partial charge on any atom is 0.295 e. The van der Waals surface area contributed by atoms with Crippen LogP contribution in [0.1, 0.15) is 22.7 Å². The molecule has 0 radical (unpaired) electrons. The van der Waals surface area contributed by atoms with Crippen molar-refractivity contribution in [3.05, 3.63) is 83.4 Å². The highest BCUT2D eigenvalue weighted by molar-refractivity contribution is 6.46. The van der Waals surface area contributed by atoms with Gasteiger partial charge in [0.15, 0.2) is 0 Å². The molecule has 2 N–H and O–H groups in total. The number of Topliss-reactive ketones (excluding diaryl/α,β-unsaturated/α-hetero) is 1. The lowest BCUT2D eigenvalue weighted by atomic mass is 9.94. The minimum atomic E-state index is -0.663. The zero-order valence-corrected chi connectivity index (χ0v) is 18.2. The Labute approximate surface area is 183 Å². The monoisotopic (exact) mass is 421 g/mol. The maximum atomic E-state index is 13.0. The van der Waals surface area contributed by atoms with Gasteiger partial charge in [-0.1, -0.05) is 42.5 Å². The Balaban J connectivity index is 2.05. The van der Waals surface area contributed by atoms with Crippen molar-refractivity contribution in [3.8, 4) is 5.75 Å². The van der Waals surface area contributed by atoms with Gasteiger partial charge in [0, 0.05) is 5.56 Å². The Kier molecular flexibility index (Phi) is 6.92. The van der Waals surface area contributed by atoms with Crippen molar-refractivity contribution < 1.29 is 24.3 Å². The molecule has 6 heteroatoms. The number of rotatable bonds is 8. The van der Waals surface area contributed by atoms with Gasteiger partial charge in [-0.3, -0.25) is 9.59 Å². The van der Waals surface area contributed by atoms with Gasteiger partial charge in [-0.2, -0.15) is 0 Å². The number of ether oxygens (including phenoxy) is 1. The van der Waals surface area contributed by atoms with Crippen molar-refractivity contribution in [2.45, 2.75) is 13.0 Å². The van der Waals surface area contributed by atoms with Gasteiger partial charge in [0.25, 0.3) is 11.7 Å². The Morgan fingerprint density at radius 3 is 2.35 bits per heavy atom. The molecular formula is C25H29N2O4+. The maximum absolute atomic E-state index is 13.0. The number of aliphatic hydroxyl groups is 1. The molecule has 1 aliphatic heterocycles. The second kappa shape index (κ2) is 9.62. The van der Waals surface area contributed by atoms with Crippen LogP contribution >= 0.6 is 0 Å². The molecule has 0 aromatic heterocycles. The van der Waals surface area contributed by atoms with Crippen LogP contribution in [0.3, 0.4) is 0 Å². The van der Waals surface area contributed by atoms with Gasteiger partial charge >= 0.3 is 0 Å². The van der Waals surface area contributed by atoms with Crippen molar-refractivity contribution in [2.24, 2.45) is 0 Å². The van der Waals surface area contributed by atoms with E-state index in [9.17, 15) is 14.7 Å². The molecule has 6 nitrogen and oxygen atoms in total. The predicted octanol–water partition coefficient (Wildman–Crippen LogP) is 2.13. The minimum absolute atomic E-state index is 0.113. The summed E-state index contributed by atoms with van der Waals surface area (Å²) in [5.41, 5.74) is 2.45. The zero-order valence-electron chi connectivity index (χ0n) is 18.2. The Morgan fingerprint density at radius 1 is 1.13 bits per heavy atom. The van der Waals surface area contributed by atoms with Gasteiger partial charge in [-0.15, -0.1) is 0 Å². The molecule has 3 rings (SSSR count). The highest BCUT2D eigenvalue weighted by Gasteiger charge is 2.46. The van der Waals surface area contributed by atoms with Crippen molar-refractivity contribution in [1.82, 2.24) is 4.90 Å². The van der Waals surface area contributed by atoms with Gasteiger partial charge in [-0.05, 0) is 36.8 Å². The first-order chi connectivity index (χ1) is 14.8. The molecule has 1 fully saturated rings. The summed E-state index contributed by atoms with van der Waals surface area (Å²) in [5.74, 6) is -0.803. The molecule has 31 heavy (non-hydrogen) atoms. The normalized spacial score (nSPS) is 17.9. The lowest BCUT2D eigenvalue weighted by molar-refractivity contribution is -0.857. The number of quaternary nitrogens is 1. The smallest absolute Gasteiger partial charge is 0.295 e. The lowest BCUT2D eigenvalue weighted by Gasteiger charge is -2.25. The summed E-state index contributed by atoms with van der Waals surface area (Å²) < 4.78 is 5.48. The quantitative estimate of drug-likeness (QED) is 0.297. The van der Waals surface area contributed by atoms with Crippen LogP contribution in [0.5, 0.6) is 5.75 Å². The SMILES string of the molecule is C=CCOc1ccc(/C(O)=C2\C(=O)C(=O)N(CC[NH+](C)C)[C@H]2c2ccc(C)cc2)cc1. The van der Waals surface area contributed by atoms with Crippen LogP contribution in [0.4, 0.5) is 0 Å². The predicted molar refractivity (Wildman–Crippen MR) is 120 cm³/mol. The summed E-state index contributed by atoms with van der Waals surface area (Å²) >= 11 is 0. The largest absolute Gasteiger partial charge is 0.507 e. The Morgan fingerprint density at radius 2 is 1.77 bits per heavy atom. The number of nitrogens with zero attached hydrogens (tertiary/aromatic N) is 1. The number of likely N-dealkylation sites (tertiary alicyclic amines) is 1. The molecular weight excluding hydrogens is 392 g/mol. The van der Waals surface area contributed by atoms with Crippen LogP contribution in [0.25, 0.3) is 5.76 Å². The molecule has 1 heterocycles. The number of hydrogen-bond acceptors (Lipinski definition) is 4. The van der Waals surface area contributed by atoms with Crippen LogP contribution < -0.4 is 9.64 Å². The van der Waals surface area contributed by atoms with Crippen molar-refractivity contribution in [3.63, 3.8) is 0 Å². The third-order valence-electron chi connectivity index (χ3n) is 5.28. The zero-order chi connectivity index (χ0) is 22.5. The second-order valence-electron chi connectivity index (χ2n) is 7.98. The molecule has 0 saturated carbocycles. The molecule has 1 aliphatic rings. The molecule has 0 spiro atoms. The molecule has 162 valence electrons. The number of aryl methyl sites for hydroxylation is 1. The highest BCUT2D eigenvalue weighted by Crippen LogP contribution is 2.39. The number of ketones is 1. The van der Waals surface area contributed by atoms with Gasteiger partial charge < -0.3 is 19.6 Å². The summed E-state index contributed by atoms with van der Waals surface area (Å²) in [4.78, 5) is 28.6. The molecule has 1 atom stereocenters. The number of nitrogens with one attached hydrogen (secondary N) is 1. The molecule has 1 saturated heterocycles. The summed E-state index contributed by atoms with van der Waals surface area (Å²) in [6.07, 6.45) is 1.65. The molecule has 1 amide bonds. The number of aliphatic hydroxyl groups excluding tert-OH is 1. The summed E-state index contributed by atoms with van der Waals surface area (Å²) in [5, 5.41) is 11.1. The number of likely N-dealkylation sites (N-methyl/N-ethyl adjacent to an activating group) is 1. The summed E-state index contributed by atoms with van der Waals surface area (Å²) in [7, 11) is 3.99. The van der Waals surface area contributed by atoms with Gasteiger partial charge in [-0.25, -0.2) is 0 Å². The van der Waals surface area contributed by atoms with Crippen LogP contribution in [0, 0.1) is 6.92 Å². The van der Waals surface area contributed by atoms with E-state index in [1.807, 2.05) is 45.3 Å². The first-order valence-corrected chi connectivity index (χ1v) is 10.3. The summed E-state index contributed by atoms with van der Waals surface area (Å²) in [6.45, 7) is 7.07. The third kappa shape index (κ3) is 4.86. The van der Waals surface area contributed by atoms with E-state index in [-0.39, 0.29) is 11.3 Å². The van der Waals surface area contributed by atoms with E-state index in [1.165, 1.54) is 4.90 Å². The van der Waals surface area contributed by atoms with Crippen LogP contribution in [0.15, 0.2) is 66.8 Å². The Hall–Kier alpha value is -3.38. The van der Waals surface area contributed by atoms with Crippen LogP contribution in [-0.4, -0.2) is 55.5 Å². The fraction of sp³-hybridized carbons (Fsp3) is 0.280. The number of hydrogen-bond donors (Lipinski definition) is 2. The average Bonchev–Trinajstić information content (AvgIpc) is 3.01. The first-order valence-electron chi connectivity index (χ1n) is 10.3. The molecule has 0 unspecified atom stereocenters. The number of benzene rings is 2. The average molecular weight is 422 g/mol. The lowest BCUT2D eigenvalue weighted by Crippen LogP contribution is -3.06. The van der Waals surface area contributed by atoms with E-state index in [0.717, 1.165) is 11.1 Å². The van der Waals surface area contributed by atoms with E-state index in [4.69, 9.17) is 4.74 Å². The standard InChI is InChI=1S/C25H28N2O4/c1-5-16-31-20-12-10-19(11-13-20)23(28)21-22(18-8-6-17(2)7-9-18)27(15-14-26(3)4)25(30)24(21)29/h5-13,22,28H,1,14-16H2,2-4H3/p+1/b23-21+/t22-/m0/s1. The van der Waals surface area contributed by atoms with Crippen molar-refractivity contribution in [1.29, 1.82) is 0 Å². The van der Waals surface area contributed by atoms with Crippen molar-refractivity contribution >= 4 is 17.4 Å². The van der Waals surface area contributed by atoms with E-state index in [1.54, 1.807) is 35.2 Å². The molecule has 2 aromatic rings. The third-order valence-corrected chi connectivity index (χ3v) is 5.28. The fourth-order valence-corrected chi connectivity index (χ4v) is 3.57. The number of carbonyl (C=O) groups excluding carboxylic acids is 2. The summed E-state index contributed by atoms with van der Waals surface area (Å²) in [6, 6.07) is 13.8. The van der Waals surface area contributed by atoms with Gasteiger partial charge in [0.2, 0.25) is 0 Å². The number of amides is 1. The van der Waals surface area contributed by atoms with E-state index < -0.39 is 17.7 Å². The second-order valence-corrected chi connectivity index (χ2v) is 7.98. The highest BCUT2D eigenvalue weighted by atomic mass is 16.5. The minimum Gasteiger partial charge on any atom is -0.507 e. The number of carbonyl (C=O) groups is 2. The Bertz CT molecular complexity index is 991. The van der Waals surface area contributed by atoms with E-state index in [0.29, 0.717) is 31.0 Å². The fourth-order valence-electron chi connectivity index (χ4n) is 3.57. The van der Waals surface area contributed by atoms with Crippen LogP contribution in [0.2, 0.25) is 0 Å². The van der Waals surface area contributed by atoms with Crippen molar-refractivity contribution in [2.75, 3.05) is 33.8 Å². The van der Waals surface area contributed by atoms with Crippen LogP contribution in [-0.2, 0) is 9.59 Å². The van der Waals surface area contributed by atoms with Gasteiger partial charge in [0.05, 0.1) is 38.8 Å². The molecule has 0 aliphatic carbocycles. The first kappa shape index (κ1) is 22.3. The van der Waals surface area contributed by atoms with E-state index in [2.05, 4.69) is 6.58 Å².